The third-order valence-electron chi connectivity index (χ3n) is 5.87. The van der Waals surface area contributed by atoms with Gasteiger partial charge >= 0.3 is 0 Å². The molecule has 1 aromatic carbocycles. The molecule has 2 saturated heterocycles. The van der Waals surface area contributed by atoms with Crippen LogP contribution in [0.1, 0.15) is 52.0 Å². The SMILES string of the molecule is NCCC1CN(Cc2cccc3c2C(=O)N(C2CCC(=O)NC2=O)C3=O)CCCO1. The Hall–Kier alpha value is -2.62. The lowest BCUT2D eigenvalue weighted by Crippen LogP contribution is -2.54. The quantitative estimate of drug-likeness (QED) is 0.652. The molecule has 3 aliphatic rings. The van der Waals surface area contributed by atoms with E-state index in [4.69, 9.17) is 10.5 Å². The molecule has 0 aliphatic carbocycles. The predicted molar refractivity (Wildman–Crippen MR) is 106 cm³/mol. The van der Waals surface area contributed by atoms with Crippen molar-refractivity contribution in [3.05, 3.63) is 34.9 Å². The minimum Gasteiger partial charge on any atom is -0.377 e. The van der Waals surface area contributed by atoms with E-state index in [2.05, 4.69) is 10.2 Å². The van der Waals surface area contributed by atoms with Crippen molar-refractivity contribution in [1.82, 2.24) is 15.1 Å². The fourth-order valence-corrected chi connectivity index (χ4v) is 4.43. The number of hydrogen-bond acceptors (Lipinski definition) is 7. The summed E-state index contributed by atoms with van der Waals surface area (Å²) >= 11 is 0. The fraction of sp³-hybridized carbons (Fsp3) is 0.524. The number of nitrogens with zero attached hydrogens (tertiary/aromatic N) is 2. The van der Waals surface area contributed by atoms with E-state index in [1.807, 2.05) is 6.07 Å². The third kappa shape index (κ3) is 3.88. The van der Waals surface area contributed by atoms with E-state index in [9.17, 15) is 19.2 Å². The monoisotopic (exact) mass is 414 g/mol. The Balaban J connectivity index is 1.57. The number of piperidine rings is 1. The van der Waals surface area contributed by atoms with Gasteiger partial charge in [0.1, 0.15) is 6.04 Å². The maximum atomic E-state index is 13.2. The van der Waals surface area contributed by atoms with Gasteiger partial charge in [0, 0.05) is 32.7 Å². The van der Waals surface area contributed by atoms with Gasteiger partial charge in [-0.25, -0.2) is 0 Å². The summed E-state index contributed by atoms with van der Waals surface area (Å²) in [5.41, 5.74) is 7.11. The zero-order valence-corrected chi connectivity index (χ0v) is 16.8. The number of fused-ring (bicyclic) bond motifs is 1. The van der Waals surface area contributed by atoms with E-state index in [0.717, 1.165) is 29.8 Å². The van der Waals surface area contributed by atoms with Crippen LogP contribution >= 0.6 is 0 Å². The van der Waals surface area contributed by atoms with Crippen molar-refractivity contribution in [3.8, 4) is 0 Å². The average Bonchev–Trinajstić information content (AvgIpc) is 2.85. The molecule has 4 rings (SSSR count). The highest BCUT2D eigenvalue weighted by Crippen LogP contribution is 2.30. The molecule has 9 nitrogen and oxygen atoms in total. The number of carbonyl (C=O) groups excluding carboxylic acids is 4. The van der Waals surface area contributed by atoms with E-state index in [1.54, 1.807) is 12.1 Å². The van der Waals surface area contributed by atoms with Crippen LogP contribution in [-0.4, -0.2) is 71.8 Å². The highest BCUT2D eigenvalue weighted by atomic mass is 16.5. The summed E-state index contributed by atoms with van der Waals surface area (Å²) in [6.45, 7) is 3.27. The van der Waals surface area contributed by atoms with Crippen LogP contribution in [0.3, 0.4) is 0 Å². The van der Waals surface area contributed by atoms with Crippen molar-refractivity contribution in [3.63, 3.8) is 0 Å². The number of imide groups is 2. The first-order valence-corrected chi connectivity index (χ1v) is 10.4. The van der Waals surface area contributed by atoms with E-state index < -0.39 is 23.8 Å². The number of nitrogens with two attached hydrogens (primary N) is 1. The van der Waals surface area contributed by atoms with Gasteiger partial charge in [-0.1, -0.05) is 12.1 Å². The molecule has 3 aliphatic heterocycles. The van der Waals surface area contributed by atoms with Crippen LogP contribution in [0.4, 0.5) is 0 Å². The van der Waals surface area contributed by atoms with Crippen LogP contribution in [0, 0.1) is 0 Å². The molecule has 0 bridgehead atoms. The van der Waals surface area contributed by atoms with Gasteiger partial charge in [-0.3, -0.25) is 34.3 Å². The van der Waals surface area contributed by atoms with Crippen molar-refractivity contribution >= 4 is 23.6 Å². The number of amides is 4. The molecular formula is C21H26N4O5. The van der Waals surface area contributed by atoms with E-state index in [1.165, 1.54) is 0 Å². The molecule has 9 heteroatoms. The Kier molecular flexibility index (Phi) is 5.94. The first-order valence-electron chi connectivity index (χ1n) is 10.4. The van der Waals surface area contributed by atoms with Gasteiger partial charge in [0.15, 0.2) is 0 Å². The maximum Gasteiger partial charge on any atom is 0.262 e. The highest BCUT2D eigenvalue weighted by Gasteiger charge is 2.45. The van der Waals surface area contributed by atoms with Gasteiger partial charge in [0.05, 0.1) is 17.2 Å². The normalized spacial score (nSPS) is 25.3. The van der Waals surface area contributed by atoms with Gasteiger partial charge in [-0.2, -0.15) is 0 Å². The van der Waals surface area contributed by atoms with Crippen molar-refractivity contribution in [1.29, 1.82) is 0 Å². The summed E-state index contributed by atoms with van der Waals surface area (Å²) in [6, 6.07) is 4.28. The molecule has 3 heterocycles. The number of hydrogen-bond donors (Lipinski definition) is 2. The second-order valence-corrected chi connectivity index (χ2v) is 7.95. The smallest absolute Gasteiger partial charge is 0.262 e. The zero-order chi connectivity index (χ0) is 21.3. The second-order valence-electron chi connectivity index (χ2n) is 7.95. The molecule has 2 fully saturated rings. The van der Waals surface area contributed by atoms with Crippen LogP contribution in [0.2, 0.25) is 0 Å². The van der Waals surface area contributed by atoms with E-state index in [-0.39, 0.29) is 24.9 Å². The molecule has 4 amide bonds. The number of rotatable bonds is 5. The van der Waals surface area contributed by atoms with E-state index in [0.29, 0.717) is 37.4 Å². The Morgan fingerprint density at radius 1 is 1.17 bits per heavy atom. The van der Waals surface area contributed by atoms with Crippen molar-refractivity contribution in [2.45, 2.75) is 44.4 Å². The fourth-order valence-electron chi connectivity index (χ4n) is 4.43. The van der Waals surface area contributed by atoms with Crippen LogP contribution in [0.5, 0.6) is 0 Å². The molecule has 0 radical (unpaired) electrons. The average molecular weight is 414 g/mol. The van der Waals surface area contributed by atoms with Crippen molar-refractivity contribution in [2.75, 3.05) is 26.2 Å². The lowest BCUT2D eigenvalue weighted by molar-refractivity contribution is -0.136. The minimum absolute atomic E-state index is 0.0477. The molecule has 0 aromatic heterocycles. The Bertz CT molecular complexity index is 886. The number of carbonyl (C=O) groups is 4. The van der Waals surface area contributed by atoms with Crippen LogP contribution < -0.4 is 11.1 Å². The van der Waals surface area contributed by atoms with Crippen LogP contribution in [-0.2, 0) is 20.9 Å². The van der Waals surface area contributed by atoms with Gasteiger partial charge in [-0.05, 0) is 37.4 Å². The Labute approximate surface area is 174 Å². The van der Waals surface area contributed by atoms with Gasteiger partial charge in [0.25, 0.3) is 11.8 Å². The predicted octanol–water partition coefficient (Wildman–Crippen LogP) is 0.0275. The largest absolute Gasteiger partial charge is 0.377 e. The van der Waals surface area contributed by atoms with Crippen molar-refractivity contribution in [2.24, 2.45) is 5.73 Å². The summed E-state index contributed by atoms with van der Waals surface area (Å²) in [6.07, 6.45) is 1.95. The standard InChI is InChI=1S/C21H26N4O5/c22-8-7-14-12-24(9-2-10-30-14)11-13-3-1-4-15-18(13)21(29)25(20(15)28)16-5-6-17(26)23-19(16)27/h1,3-4,14,16H,2,5-12,22H2,(H,23,26,27). The maximum absolute atomic E-state index is 13.2. The second kappa shape index (κ2) is 8.63. The first kappa shape index (κ1) is 20.6. The Morgan fingerprint density at radius 2 is 2.00 bits per heavy atom. The lowest BCUT2D eigenvalue weighted by Gasteiger charge is -2.28. The summed E-state index contributed by atoms with van der Waals surface area (Å²) in [5.74, 6) is -1.93. The van der Waals surface area contributed by atoms with Gasteiger partial charge in [-0.15, -0.1) is 0 Å². The summed E-state index contributed by atoms with van der Waals surface area (Å²) in [7, 11) is 0. The number of ether oxygens (including phenoxy) is 1. The van der Waals surface area contributed by atoms with Crippen molar-refractivity contribution < 1.29 is 23.9 Å². The molecule has 2 unspecified atom stereocenters. The van der Waals surface area contributed by atoms with Crippen LogP contribution in [0.15, 0.2) is 18.2 Å². The highest BCUT2D eigenvalue weighted by molar-refractivity contribution is 6.24. The van der Waals surface area contributed by atoms with Gasteiger partial charge in [0.2, 0.25) is 11.8 Å². The zero-order valence-electron chi connectivity index (χ0n) is 16.8. The minimum atomic E-state index is -0.955. The molecule has 0 spiro atoms. The van der Waals surface area contributed by atoms with Crippen LogP contribution in [0.25, 0.3) is 0 Å². The molecule has 2 atom stereocenters. The first-order chi connectivity index (χ1) is 14.5. The molecule has 160 valence electrons. The molecule has 0 saturated carbocycles. The number of nitrogens with one attached hydrogen (secondary N) is 1. The Morgan fingerprint density at radius 3 is 2.77 bits per heavy atom. The number of benzene rings is 1. The van der Waals surface area contributed by atoms with E-state index >= 15 is 0 Å². The summed E-state index contributed by atoms with van der Waals surface area (Å²) < 4.78 is 5.84. The summed E-state index contributed by atoms with van der Waals surface area (Å²) in [4.78, 5) is 53.1. The molecule has 30 heavy (non-hydrogen) atoms. The molecular weight excluding hydrogens is 388 g/mol. The van der Waals surface area contributed by atoms with Gasteiger partial charge < -0.3 is 10.5 Å². The third-order valence-corrected chi connectivity index (χ3v) is 5.87. The topological polar surface area (TPSA) is 122 Å². The summed E-state index contributed by atoms with van der Waals surface area (Å²) in [5, 5.41) is 2.22. The molecule has 1 aromatic rings. The lowest BCUT2D eigenvalue weighted by atomic mass is 10.0. The molecule has 3 N–H and O–H groups in total.